The van der Waals surface area contributed by atoms with E-state index in [4.69, 9.17) is 32.7 Å². The maximum atomic E-state index is 13.9. The lowest BCUT2D eigenvalue weighted by molar-refractivity contribution is -0.141. The largest absolute Gasteiger partial charge is 0.454 e. The Bertz CT molecular complexity index is 1310. The highest BCUT2D eigenvalue weighted by Gasteiger charge is 2.32. The summed E-state index contributed by atoms with van der Waals surface area (Å²) in [5.41, 5.74) is 2.69. The van der Waals surface area contributed by atoms with E-state index in [1.165, 1.54) is 0 Å². The van der Waals surface area contributed by atoms with Crippen molar-refractivity contribution in [3.05, 3.63) is 93.5 Å². The number of amides is 2. The Morgan fingerprint density at radius 2 is 1.69 bits per heavy atom. The highest BCUT2D eigenvalue weighted by molar-refractivity contribution is 6.35. The molecule has 1 saturated carbocycles. The topological polar surface area (TPSA) is 67.9 Å². The number of carbonyl (C=O) groups is 2. The van der Waals surface area contributed by atoms with Gasteiger partial charge in [-0.25, -0.2) is 0 Å². The van der Waals surface area contributed by atoms with Crippen molar-refractivity contribution in [2.45, 2.75) is 63.6 Å². The Kier molecular flexibility index (Phi) is 8.95. The number of hydrogen-bond acceptors (Lipinski definition) is 4. The molecule has 0 aromatic heterocycles. The van der Waals surface area contributed by atoms with Gasteiger partial charge in [-0.05, 0) is 60.2 Å². The molecule has 1 aliphatic heterocycles. The number of carbonyl (C=O) groups excluding carboxylic acids is 2. The average Bonchev–Trinajstić information content (AvgIpc) is 3.62. The summed E-state index contributed by atoms with van der Waals surface area (Å²) in [5, 5.41) is 4.21. The SMILES string of the molecule is O=C(NC1CCCC1)[C@H](Cc1ccccc1)N(Cc1ccc(Cl)cc1Cl)C(=O)CCc1ccc2c(c1)OCO2. The van der Waals surface area contributed by atoms with Gasteiger partial charge in [0.1, 0.15) is 6.04 Å². The minimum atomic E-state index is -0.691. The molecule has 1 aliphatic carbocycles. The number of ether oxygens (including phenoxy) is 2. The maximum absolute atomic E-state index is 13.9. The number of fused-ring (bicyclic) bond motifs is 1. The van der Waals surface area contributed by atoms with Crippen LogP contribution in [0.3, 0.4) is 0 Å². The van der Waals surface area contributed by atoms with Gasteiger partial charge in [0.2, 0.25) is 18.6 Å². The molecule has 3 aromatic carbocycles. The van der Waals surface area contributed by atoms with E-state index in [1.807, 2.05) is 54.6 Å². The minimum absolute atomic E-state index is 0.124. The van der Waals surface area contributed by atoms with Crippen molar-refractivity contribution in [3.63, 3.8) is 0 Å². The Labute approximate surface area is 239 Å². The second-order valence-electron chi connectivity index (χ2n) is 10.1. The fraction of sp³-hybridized carbons (Fsp3) is 0.355. The third-order valence-electron chi connectivity index (χ3n) is 7.39. The van der Waals surface area contributed by atoms with E-state index in [0.717, 1.165) is 42.4 Å². The van der Waals surface area contributed by atoms with Gasteiger partial charge in [0, 0.05) is 35.5 Å². The van der Waals surface area contributed by atoms with Crippen molar-refractivity contribution in [1.82, 2.24) is 10.2 Å². The second-order valence-corrected chi connectivity index (χ2v) is 11.0. The molecule has 8 heteroatoms. The molecule has 5 rings (SSSR count). The van der Waals surface area contributed by atoms with Crippen molar-refractivity contribution in [2.24, 2.45) is 0 Å². The van der Waals surface area contributed by atoms with Gasteiger partial charge < -0.3 is 19.7 Å². The predicted octanol–water partition coefficient (Wildman–Crippen LogP) is 6.35. The lowest BCUT2D eigenvalue weighted by Gasteiger charge is -2.32. The normalized spacial score (nSPS) is 15.2. The van der Waals surface area contributed by atoms with Crippen LogP contribution in [0.2, 0.25) is 10.0 Å². The smallest absolute Gasteiger partial charge is 0.243 e. The molecule has 0 spiro atoms. The zero-order valence-corrected chi connectivity index (χ0v) is 23.2. The maximum Gasteiger partial charge on any atom is 0.243 e. The third kappa shape index (κ3) is 7.06. The van der Waals surface area contributed by atoms with Crippen LogP contribution in [0.4, 0.5) is 0 Å². The summed E-state index contributed by atoms with van der Waals surface area (Å²) in [7, 11) is 0. The van der Waals surface area contributed by atoms with Gasteiger partial charge in [0.15, 0.2) is 11.5 Å². The van der Waals surface area contributed by atoms with Crippen LogP contribution in [0, 0.1) is 0 Å². The molecule has 0 bridgehead atoms. The molecule has 6 nitrogen and oxygen atoms in total. The monoisotopic (exact) mass is 566 g/mol. The predicted molar refractivity (Wildman–Crippen MR) is 152 cm³/mol. The number of rotatable bonds is 10. The first-order valence-corrected chi connectivity index (χ1v) is 14.2. The standard InChI is InChI=1S/C31H32Cl2N2O4/c32-24-13-12-23(26(33)18-24)19-35(30(36)15-11-22-10-14-28-29(17-22)39-20-38-28)27(16-21-6-2-1-3-7-21)31(37)34-25-8-4-5-9-25/h1-3,6-7,10,12-14,17-18,25,27H,4-5,8-9,11,15-16,19-20H2,(H,34,37)/t27-/m0/s1. The zero-order valence-electron chi connectivity index (χ0n) is 21.7. The first kappa shape index (κ1) is 27.4. The van der Waals surface area contributed by atoms with E-state index in [-0.39, 0.29) is 37.6 Å². The Hall–Kier alpha value is -3.22. The molecule has 3 aromatic rings. The highest BCUT2D eigenvalue weighted by Crippen LogP contribution is 2.33. The van der Waals surface area contributed by atoms with Crippen LogP contribution in [0.25, 0.3) is 0 Å². The van der Waals surface area contributed by atoms with Crippen LogP contribution in [0.15, 0.2) is 66.7 Å². The van der Waals surface area contributed by atoms with Gasteiger partial charge in [-0.15, -0.1) is 0 Å². The van der Waals surface area contributed by atoms with Crippen LogP contribution in [-0.2, 0) is 29.0 Å². The van der Waals surface area contributed by atoms with Crippen molar-refractivity contribution >= 4 is 35.0 Å². The molecule has 2 amide bonds. The molecule has 1 heterocycles. The van der Waals surface area contributed by atoms with E-state index in [1.54, 1.807) is 17.0 Å². The fourth-order valence-electron chi connectivity index (χ4n) is 5.25. The van der Waals surface area contributed by atoms with Crippen LogP contribution >= 0.6 is 23.2 Å². The first-order valence-electron chi connectivity index (χ1n) is 13.4. The van der Waals surface area contributed by atoms with Gasteiger partial charge in [-0.2, -0.15) is 0 Å². The van der Waals surface area contributed by atoms with E-state index >= 15 is 0 Å². The summed E-state index contributed by atoms with van der Waals surface area (Å²) in [6, 6.07) is 20.2. The van der Waals surface area contributed by atoms with E-state index in [0.29, 0.717) is 34.4 Å². The highest BCUT2D eigenvalue weighted by atomic mass is 35.5. The molecule has 2 aliphatic rings. The molecule has 204 valence electrons. The number of aryl methyl sites for hydroxylation is 1. The molecule has 1 N–H and O–H groups in total. The minimum Gasteiger partial charge on any atom is -0.454 e. The summed E-state index contributed by atoms with van der Waals surface area (Å²) in [5.74, 6) is 1.13. The molecule has 0 radical (unpaired) electrons. The Morgan fingerprint density at radius 1 is 0.923 bits per heavy atom. The van der Waals surface area contributed by atoms with Gasteiger partial charge in [-0.3, -0.25) is 9.59 Å². The second kappa shape index (κ2) is 12.8. The summed E-state index contributed by atoms with van der Waals surface area (Å²) in [6.45, 7) is 0.399. The lowest BCUT2D eigenvalue weighted by atomic mass is 10.0. The Balaban J connectivity index is 1.42. The van der Waals surface area contributed by atoms with Crippen molar-refractivity contribution in [2.75, 3.05) is 6.79 Å². The van der Waals surface area contributed by atoms with Crippen molar-refractivity contribution in [1.29, 1.82) is 0 Å². The van der Waals surface area contributed by atoms with E-state index < -0.39 is 6.04 Å². The number of hydrogen-bond donors (Lipinski definition) is 1. The zero-order chi connectivity index (χ0) is 27.2. The average molecular weight is 568 g/mol. The molecule has 1 atom stereocenters. The first-order chi connectivity index (χ1) is 19.0. The summed E-state index contributed by atoms with van der Waals surface area (Å²) < 4.78 is 10.9. The van der Waals surface area contributed by atoms with Crippen molar-refractivity contribution < 1.29 is 19.1 Å². The summed E-state index contributed by atoms with van der Waals surface area (Å²) >= 11 is 12.7. The fourth-order valence-corrected chi connectivity index (χ4v) is 5.71. The Morgan fingerprint density at radius 3 is 2.46 bits per heavy atom. The summed E-state index contributed by atoms with van der Waals surface area (Å²) in [4.78, 5) is 29.4. The molecule has 39 heavy (non-hydrogen) atoms. The van der Waals surface area contributed by atoms with E-state index in [2.05, 4.69) is 5.32 Å². The quantitative estimate of drug-likeness (QED) is 0.310. The van der Waals surface area contributed by atoms with Crippen LogP contribution in [-0.4, -0.2) is 35.6 Å². The number of halogens is 2. The van der Waals surface area contributed by atoms with Crippen LogP contribution in [0.1, 0.15) is 48.8 Å². The number of nitrogens with one attached hydrogen (secondary N) is 1. The van der Waals surface area contributed by atoms with Crippen LogP contribution < -0.4 is 14.8 Å². The van der Waals surface area contributed by atoms with Gasteiger partial charge in [-0.1, -0.05) is 78.5 Å². The number of benzene rings is 3. The molecule has 0 unspecified atom stereocenters. The van der Waals surface area contributed by atoms with E-state index in [9.17, 15) is 9.59 Å². The molecular weight excluding hydrogens is 535 g/mol. The van der Waals surface area contributed by atoms with Gasteiger partial charge in [0.05, 0.1) is 0 Å². The molecular formula is C31H32Cl2N2O4. The van der Waals surface area contributed by atoms with Gasteiger partial charge >= 0.3 is 0 Å². The molecule has 1 fully saturated rings. The number of nitrogens with zero attached hydrogens (tertiary/aromatic N) is 1. The van der Waals surface area contributed by atoms with Crippen LogP contribution in [0.5, 0.6) is 11.5 Å². The van der Waals surface area contributed by atoms with Gasteiger partial charge in [0.25, 0.3) is 0 Å². The molecule has 0 saturated heterocycles. The lowest BCUT2D eigenvalue weighted by Crippen LogP contribution is -2.52. The van der Waals surface area contributed by atoms with Crippen molar-refractivity contribution in [3.8, 4) is 11.5 Å². The third-order valence-corrected chi connectivity index (χ3v) is 7.98. The summed E-state index contributed by atoms with van der Waals surface area (Å²) in [6.07, 6.45) is 5.27.